The fraction of sp³-hybridized carbons (Fsp3) is 0.276. The molecule has 0 unspecified atom stereocenters. The summed E-state index contributed by atoms with van der Waals surface area (Å²) in [5.41, 5.74) is 6.73. The average molecular weight is 527 g/mol. The number of rotatable bonds is 4. The zero-order valence-corrected chi connectivity index (χ0v) is 22.8. The molecule has 1 aliphatic rings. The number of nitrogens with zero attached hydrogens (tertiary/aromatic N) is 6. The summed E-state index contributed by atoms with van der Waals surface area (Å²) in [5.74, 6) is 0.757. The number of hydrogen-bond acceptors (Lipinski definition) is 7. The Bertz CT molecular complexity index is 1800. The van der Waals surface area contributed by atoms with Crippen LogP contribution in [0.4, 0.5) is 11.5 Å². The smallest absolute Gasteiger partial charge is 0.229 e. The molecule has 0 amide bonds. The Morgan fingerprint density at radius 1 is 0.763 bits per heavy atom. The van der Waals surface area contributed by atoms with Gasteiger partial charge < -0.3 is 9.80 Å². The fourth-order valence-corrected chi connectivity index (χ4v) is 6.47. The first-order valence-electron chi connectivity index (χ1n) is 12.8. The van der Waals surface area contributed by atoms with Gasteiger partial charge in [-0.05, 0) is 80.3 Å². The van der Waals surface area contributed by atoms with Gasteiger partial charge in [0.1, 0.15) is 5.82 Å². The third-order valence-corrected chi connectivity index (χ3v) is 9.18. The van der Waals surface area contributed by atoms with Gasteiger partial charge in [0.2, 0.25) is 14.9 Å². The lowest BCUT2D eigenvalue weighted by Crippen LogP contribution is -2.47. The molecular weight excluding hydrogens is 496 g/mol. The van der Waals surface area contributed by atoms with E-state index in [2.05, 4.69) is 52.2 Å². The van der Waals surface area contributed by atoms with Crippen LogP contribution in [0.25, 0.3) is 16.6 Å². The van der Waals surface area contributed by atoms with Crippen LogP contribution in [0.5, 0.6) is 0 Å². The van der Waals surface area contributed by atoms with Crippen molar-refractivity contribution in [2.75, 3.05) is 36.0 Å². The first kappa shape index (κ1) is 24.4. The number of benzene rings is 3. The number of anilines is 2. The van der Waals surface area contributed by atoms with Gasteiger partial charge in [-0.15, -0.1) is 5.10 Å². The van der Waals surface area contributed by atoms with Crippen LogP contribution in [0.1, 0.15) is 22.3 Å². The molecular formula is C29H30N6O2S. The lowest BCUT2D eigenvalue weighted by molar-refractivity contribution is 0.592. The Morgan fingerprint density at radius 3 is 2.24 bits per heavy atom. The Balaban J connectivity index is 1.42. The van der Waals surface area contributed by atoms with Crippen LogP contribution in [0.2, 0.25) is 0 Å². The molecule has 0 radical (unpaired) electrons. The number of para-hydroxylation sites is 1. The van der Waals surface area contributed by atoms with Crippen molar-refractivity contribution in [1.82, 2.24) is 19.8 Å². The van der Waals surface area contributed by atoms with Gasteiger partial charge in [0.25, 0.3) is 0 Å². The summed E-state index contributed by atoms with van der Waals surface area (Å²) in [7, 11) is -3.91. The predicted octanol–water partition coefficient (Wildman–Crippen LogP) is 4.67. The Kier molecular flexibility index (Phi) is 5.83. The number of aryl methyl sites for hydroxylation is 4. The highest BCUT2D eigenvalue weighted by Crippen LogP contribution is 2.32. The first-order chi connectivity index (χ1) is 18.2. The van der Waals surface area contributed by atoms with Crippen LogP contribution in [-0.2, 0) is 9.84 Å². The summed E-state index contributed by atoms with van der Waals surface area (Å²) in [4.78, 5) is 9.76. The second-order valence-corrected chi connectivity index (χ2v) is 12.0. The average Bonchev–Trinajstić information content (AvgIpc) is 3.36. The third-order valence-electron chi connectivity index (χ3n) is 7.53. The van der Waals surface area contributed by atoms with Gasteiger partial charge in [0.05, 0.1) is 10.4 Å². The van der Waals surface area contributed by atoms with E-state index < -0.39 is 9.84 Å². The van der Waals surface area contributed by atoms with Crippen LogP contribution in [0.15, 0.2) is 70.6 Å². The van der Waals surface area contributed by atoms with Crippen molar-refractivity contribution in [3.8, 4) is 0 Å². The molecule has 9 heteroatoms. The second-order valence-electron chi connectivity index (χ2n) is 10.1. The lowest BCUT2D eigenvalue weighted by Gasteiger charge is -2.38. The monoisotopic (exact) mass is 526 g/mol. The van der Waals surface area contributed by atoms with E-state index in [0.29, 0.717) is 0 Å². The molecule has 8 nitrogen and oxygen atoms in total. The summed E-state index contributed by atoms with van der Waals surface area (Å²) < 4.78 is 28.9. The minimum Gasteiger partial charge on any atom is -0.368 e. The number of piperazine rings is 1. The topological polar surface area (TPSA) is 83.7 Å². The maximum Gasteiger partial charge on any atom is 0.229 e. The van der Waals surface area contributed by atoms with Crippen molar-refractivity contribution in [2.45, 2.75) is 37.6 Å². The normalized spacial score (nSPS) is 14.5. The zero-order chi connectivity index (χ0) is 26.6. The van der Waals surface area contributed by atoms with E-state index in [9.17, 15) is 8.42 Å². The molecule has 1 aliphatic heterocycles. The number of aromatic nitrogens is 4. The van der Waals surface area contributed by atoms with E-state index in [1.165, 1.54) is 16.8 Å². The van der Waals surface area contributed by atoms with E-state index in [-0.39, 0.29) is 15.6 Å². The number of sulfone groups is 1. The SMILES string of the molecule is Cc1ccc(C)c(N2CCN(c3nc4c(S(=O)(=O)c5ccc(C)c(C)c5)nnn4c4ccccc34)CC2)c1. The third kappa shape index (κ3) is 3.98. The zero-order valence-electron chi connectivity index (χ0n) is 22.0. The van der Waals surface area contributed by atoms with Gasteiger partial charge in [-0.25, -0.2) is 13.4 Å². The van der Waals surface area contributed by atoms with Gasteiger partial charge in [0, 0.05) is 37.3 Å². The molecule has 3 heterocycles. The molecule has 3 aromatic carbocycles. The highest BCUT2D eigenvalue weighted by molar-refractivity contribution is 7.91. The quantitative estimate of drug-likeness (QED) is 0.336. The van der Waals surface area contributed by atoms with Crippen molar-refractivity contribution in [3.05, 3.63) is 82.9 Å². The summed E-state index contributed by atoms with van der Waals surface area (Å²) in [6, 6.07) is 19.5. The summed E-state index contributed by atoms with van der Waals surface area (Å²) >= 11 is 0. The molecule has 0 atom stereocenters. The number of fused-ring (bicyclic) bond motifs is 3. The van der Waals surface area contributed by atoms with Crippen LogP contribution in [0, 0.1) is 27.7 Å². The molecule has 6 rings (SSSR count). The van der Waals surface area contributed by atoms with Crippen LogP contribution in [0.3, 0.4) is 0 Å². The Morgan fingerprint density at radius 2 is 1.47 bits per heavy atom. The van der Waals surface area contributed by atoms with Crippen LogP contribution < -0.4 is 9.80 Å². The minimum atomic E-state index is -3.91. The summed E-state index contributed by atoms with van der Waals surface area (Å²) in [5, 5.41) is 9.16. The summed E-state index contributed by atoms with van der Waals surface area (Å²) in [6.45, 7) is 11.3. The molecule has 0 bridgehead atoms. The van der Waals surface area contributed by atoms with Crippen molar-refractivity contribution < 1.29 is 8.42 Å². The molecule has 194 valence electrons. The maximum absolute atomic E-state index is 13.7. The molecule has 0 aliphatic carbocycles. The molecule has 38 heavy (non-hydrogen) atoms. The van der Waals surface area contributed by atoms with Crippen molar-refractivity contribution in [2.24, 2.45) is 0 Å². The van der Waals surface area contributed by atoms with Gasteiger partial charge >= 0.3 is 0 Å². The summed E-state index contributed by atoms with van der Waals surface area (Å²) in [6.07, 6.45) is 0. The second kappa shape index (κ2) is 9.09. The van der Waals surface area contributed by atoms with E-state index in [0.717, 1.165) is 54.0 Å². The van der Waals surface area contributed by atoms with Crippen molar-refractivity contribution in [1.29, 1.82) is 0 Å². The maximum atomic E-state index is 13.7. The highest BCUT2D eigenvalue weighted by atomic mass is 32.2. The molecule has 0 spiro atoms. The Hall–Kier alpha value is -3.98. The minimum absolute atomic E-state index is 0.123. The van der Waals surface area contributed by atoms with Crippen LogP contribution in [-0.4, -0.2) is 54.4 Å². The highest BCUT2D eigenvalue weighted by Gasteiger charge is 2.29. The Labute approximate surface area is 222 Å². The molecule has 5 aromatic rings. The van der Waals surface area contributed by atoms with E-state index in [1.54, 1.807) is 16.6 Å². The van der Waals surface area contributed by atoms with E-state index in [1.807, 2.05) is 44.2 Å². The first-order valence-corrected chi connectivity index (χ1v) is 14.3. The van der Waals surface area contributed by atoms with Gasteiger partial charge in [0.15, 0.2) is 5.65 Å². The predicted molar refractivity (Wildman–Crippen MR) is 150 cm³/mol. The van der Waals surface area contributed by atoms with Gasteiger partial charge in [-0.3, -0.25) is 0 Å². The van der Waals surface area contributed by atoms with E-state index in [4.69, 9.17) is 4.98 Å². The molecule has 0 N–H and O–H groups in total. The van der Waals surface area contributed by atoms with Crippen molar-refractivity contribution >= 4 is 37.9 Å². The van der Waals surface area contributed by atoms with Crippen molar-refractivity contribution in [3.63, 3.8) is 0 Å². The van der Waals surface area contributed by atoms with E-state index >= 15 is 0 Å². The standard InChI is InChI=1S/C29H30N6O2S/c1-19-9-10-21(3)26(17-19)33-13-15-34(16-14-33)27-24-7-5-6-8-25(24)35-28(30-27)29(31-32-35)38(36,37)23-12-11-20(2)22(4)18-23/h5-12,17-18H,13-16H2,1-4H3. The molecule has 1 saturated heterocycles. The molecule has 0 saturated carbocycles. The lowest BCUT2D eigenvalue weighted by atomic mass is 10.1. The number of hydrogen-bond donors (Lipinski definition) is 0. The van der Waals surface area contributed by atoms with Crippen LogP contribution >= 0.6 is 0 Å². The fourth-order valence-electron chi connectivity index (χ4n) is 5.16. The molecule has 1 fully saturated rings. The molecule has 2 aromatic heterocycles. The largest absolute Gasteiger partial charge is 0.368 e. The van der Waals surface area contributed by atoms with Gasteiger partial charge in [-0.1, -0.05) is 35.5 Å². The van der Waals surface area contributed by atoms with Gasteiger partial charge in [-0.2, -0.15) is 4.52 Å².